The maximum Gasteiger partial charge on any atom is 0.414 e. The number of ether oxygens (including phenoxy) is 2. The molecule has 0 spiro atoms. The number of hydrogen-bond acceptors (Lipinski definition) is 5. The maximum absolute atomic E-state index is 14.7. The highest BCUT2D eigenvalue weighted by Gasteiger charge is 2.33. The predicted octanol–water partition coefficient (Wildman–Crippen LogP) is -1.02. The first-order chi connectivity index (χ1) is 14.8. The van der Waals surface area contributed by atoms with Crippen molar-refractivity contribution in [3.63, 3.8) is 0 Å². The zero-order valence-corrected chi connectivity index (χ0v) is 19.9. The van der Waals surface area contributed by atoms with E-state index in [0.717, 1.165) is 19.4 Å². The summed E-state index contributed by atoms with van der Waals surface area (Å²) in [7, 11) is 4.06. The van der Waals surface area contributed by atoms with Crippen molar-refractivity contribution < 1.29 is 40.3 Å². The molecule has 2 aliphatic heterocycles. The van der Waals surface area contributed by atoms with Gasteiger partial charge in [0.1, 0.15) is 11.9 Å². The van der Waals surface area contributed by atoms with Gasteiger partial charge in [-0.25, -0.2) is 9.18 Å². The first-order valence-corrected chi connectivity index (χ1v) is 11.0. The molecule has 3 rings (SSSR count). The van der Waals surface area contributed by atoms with Gasteiger partial charge in [0.05, 0.1) is 58.3 Å². The van der Waals surface area contributed by atoms with E-state index in [1.165, 1.54) is 11.0 Å². The Balaban J connectivity index is 0.00000363. The van der Waals surface area contributed by atoms with E-state index in [-0.39, 0.29) is 37.2 Å². The highest BCUT2D eigenvalue weighted by Crippen LogP contribution is 2.28. The summed E-state index contributed by atoms with van der Waals surface area (Å²) in [5.41, 5.74) is 0.956. The molecule has 0 aromatic heterocycles. The van der Waals surface area contributed by atoms with Crippen molar-refractivity contribution in [2.75, 3.05) is 76.4 Å². The second-order valence-electron chi connectivity index (χ2n) is 8.83. The lowest BCUT2D eigenvalue weighted by Crippen LogP contribution is -3.00. The topological polar surface area (TPSA) is 71.1 Å². The maximum atomic E-state index is 14.7. The summed E-state index contributed by atoms with van der Waals surface area (Å²) >= 11 is 0. The molecule has 0 bridgehead atoms. The van der Waals surface area contributed by atoms with Crippen molar-refractivity contribution in [3.8, 4) is 0 Å². The van der Waals surface area contributed by atoms with Crippen molar-refractivity contribution in [2.45, 2.75) is 25.9 Å². The van der Waals surface area contributed by atoms with Gasteiger partial charge < -0.3 is 36.6 Å². The summed E-state index contributed by atoms with van der Waals surface area (Å²) < 4.78 is 26.0. The zero-order valence-electron chi connectivity index (χ0n) is 19.1. The fourth-order valence-electron chi connectivity index (χ4n) is 3.90. The van der Waals surface area contributed by atoms with Gasteiger partial charge in [0.25, 0.3) is 5.91 Å². The quantitative estimate of drug-likeness (QED) is 0.466. The summed E-state index contributed by atoms with van der Waals surface area (Å²) in [5, 5.41) is 2.86. The van der Waals surface area contributed by atoms with Gasteiger partial charge in [-0.3, -0.25) is 9.69 Å². The number of hydrogen-bond donors (Lipinski definition) is 1. The van der Waals surface area contributed by atoms with E-state index in [2.05, 4.69) is 12.2 Å². The monoisotopic (exact) mass is 472 g/mol. The summed E-state index contributed by atoms with van der Waals surface area (Å²) in [6, 6.07) is 4.78. The van der Waals surface area contributed by atoms with Crippen molar-refractivity contribution >= 4 is 23.4 Å². The van der Waals surface area contributed by atoms with E-state index in [1.807, 2.05) is 19.0 Å². The third-order valence-corrected chi connectivity index (χ3v) is 5.68. The Labute approximate surface area is 195 Å². The van der Waals surface area contributed by atoms with Gasteiger partial charge in [-0.05, 0) is 24.6 Å². The second kappa shape index (κ2) is 11.7. The lowest BCUT2D eigenvalue weighted by atomic mass is 10.2. The number of morpholine rings is 1. The van der Waals surface area contributed by atoms with E-state index in [1.54, 1.807) is 12.1 Å². The number of cyclic esters (lactones) is 1. The van der Waals surface area contributed by atoms with Crippen LogP contribution in [0.5, 0.6) is 0 Å². The number of likely N-dealkylation sites (N-methyl/N-ethyl adjacent to an activating group) is 1. The summed E-state index contributed by atoms with van der Waals surface area (Å²) in [6.45, 7) is 6.36. The fourth-order valence-corrected chi connectivity index (χ4v) is 3.90. The first kappa shape index (κ1) is 26.2. The molecule has 1 N–H and O–H groups in total. The van der Waals surface area contributed by atoms with Crippen molar-refractivity contribution in [1.29, 1.82) is 0 Å². The Morgan fingerprint density at radius 1 is 1.28 bits per heavy atom. The molecule has 1 aromatic rings. The molecule has 180 valence electrons. The second-order valence-corrected chi connectivity index (χ2v) is 8.83. The van der Waals surface area contributed by atoms with Gasteiger partial charge in [-0.2, -0.15) is 0 Å². The van der Waals surface area contributed by atoms with Crippen molar-refractivity contribution in [1.82, 2.24) is 5.32 Å². The van der Waals surface area contributed by atoms with Gasteiger partial charge in [0.2, 0.25) is 0 Å². The van der Waals surface area contributed by atoms with Crippen LogP contribution in [-0.4, -0.2) is 89.2 Å². The average molecular weight is 473 g/mol. The third kappa shape index (κ3) is 6.95. The SMILES string of the molecule is CCCC[N+](C)(C)CC(=O)NC[C@H]1CN(c2ccc(N3CCOCC3)c(F)c2)C(=O)O1.[Cl-]. The minimum absolute atomic E-state index is 0. The number of anilines is 2. The molecule has 10 heteroatoms. The van der Waals surface area contributed by atoms with Crippen LogP contribution in [0.4, 0.5) is 20.6 Å². The van der Waals surface area contributed by atoms with Crippen LogP contribution in [0.15, 0.2) is 18.2 Å². The van der Waals surface area contributed by atoms with Crippen molar-refractivity contribution in [2.24, 2.45) is 0 Å². The lowest BCUT2D eigenvalue weighted by molar-refractivity contribution is -0.882. The molecule has 1 atom stereocenters. The summed E-state index contributed by atoms with van der Waals surface area (Å²) in [5.74, 6) is -0.451. The Morgan fingerprint density at radius 2 is 2.00 bits per heavy atom. The predicted molar refractivity (Wildman–Crippen MR) is 117 cm³/mol. The highest BCUT2D eigenvalue weighted by atomic mass is 35.5. The average Bonchev–Trinajstić information content (AvgIpc) is 3.11. The number of nitrogens with zero attached hydrogens (tertiary/aromatic N) is 3. The Hall–Kier alpha value is -2.10. The molecular formula is C22H34ClFN4O4. The van der Waals surface area contributed by atoms with Crippen LogP contribution in [0, 0.1) is 5.82 Å². The number of benzene rings is 1. The first-order valence-electron chi connectivity index (χ1n) is 11.0. The molecule has 0 unspecified atom stereocenters. The normalized spacial score (nSPS) is 18.9. The number of carbonyl (C=O) groups excluding carboxylic acids is 2. The van der Waals surface area contributed by atoms with E-state index in [4.69, 9.17) is 9.47 Å². The molecule has 2 amide bonds. The van der Waals surface area contributed by atoms with Crippen LogP contribution in [0.2, 0.25) is 0 Å². The third-order valence-electron chi connectivity index (χ3n) is 5.68. The number of carbonyl (C=O) groups is 2. The molecule has 2 heterocycles. The van der Waals surface area contributed by atoms with Crippen LogP contribution < -0.4 is 27.5 Å². The summed E-state index contributed by atoms with van der Waals surface area (Å²) in [6.07, 6.45) is 1.16. The number of quaternary nitrogens is 1. The van der Waals surface area contributed by atoms with E-state index in [0.29, 0.717) is 48.7 Å². The van der Waals surface area contributed by atoms with Crippen LogP contribution in [0.1, 0.15) is 19.8 Å². The molecule has 0 aliphatic carbocycles. The van der Waals surface area contributed by atoms with Crippen LogP contribution in [0.3, 0.4) is 0 Å². The number of rotatable bonds is 9. The molecule has 2 aliphatic rings. The minimum atomic E-state index is -0.531. The van der Waals surface area contributed by atoms with Crippen molar-refractivity contribution in [3.05, 3.63) is 24.0 Å². The Morgan fingerprint density at radius 3 is 2.66 bits per heavy atom. The van der Waals surface area contributed by atoms with Gasteiger partial charge in [0, 0.05) is 13.1 Å². The summed E-state index contributed by atoms with van der Waals surface area (Å²) in [4.78, 5) is 28.0. The minimum Gasteiger partial charge on any atom is -1.00 e. The molecule has 2 saturated heterocycles. The molecule has 8 nitrogen and oxygen atoms in total. The van der Waals surface area contributed by atoms with Crippen LogP contribution >= 0.6 is 0 Å². The fraction of sp³-hybridized carbons (Fsp3) is 0.636. The molecule has 0 radical (unpaired) electrons. The number of halogens is 2. The standard InChI is InChI=1S/C22H33FN4O4.ClH/c1-4-5-10-27(2,3)16-21(28)24-14-18-15-26(22(29)31-18)17-6-7-20(19(23)13-17)25-8-11-30-12-9-25;/h6-7,13,18H,4-5,8-12,14-16H2,1-3H3;1H/t18-;/m0./s1. The molecule has 1 aromatic carbocycles. The van der Waals surface area contributed by atoms with Crippen LogP contribution in [-0.2, 0) is 14.3 Å². The Bertz CT molecular complexity index is 789. The number of unbranched alkanes of at least 4 members (excludes halogenated alkanes) is 1. The largest absolute Gasteiger partial charge is 1.00 e. The number of nitrogens with one attached hydrogen (secondary N) is 1. The van der Waals surface area contributed by atoms with Gasteiger partial charge in [-0.15, -0.1) is 0 Å². The van der Waals surface area contributed by atoms with Gasteiger partial charge in [-0.1, -0.05) is 13.3 Å². The zero-order chi connectivity index (χ0) is 22.4. The molecular weight excluding hydrogens is 439 g/mol. The molecule has 0 saturated carbocycles. The van der Waals surface area contributed by atoms with Gasteiger partial charge in [0.15, 0.2) is 6.54 Å². The van der Waals surface area contributed by atoms with Gasteiger partial charge >= 0.3 is 6.09 Å². The van der Waals surface area contributed by atoms with Crippen LogP contribution in [0.25, 0.3) is 0 Å². The number of amides is 2. The van der Waals surface area contributed by atoms with E-state index >= 15 is 0 Å². The van der Waals surface area contributed by atoms with E-state index < -0.39 is 12.2 Å². The smallest absolute Gasteiger partial charge is 0.414 e. The molecule has 32 heavy (non-hydrogen) atoms. The Kier molecular flexibility index (Phi) is 9.54. The lowest BCUT2D eigenvalue weighted by Gasteiger charge is -2.29. The van der Waals surface area contributed by atoms with E-state index in [9.17, 15) is 14.0 Å². The highest BCUT2D eigenvalue weighted by molar-refractivity contribution is 5.90. The molecule has 2 fully saturated rings.